The second-order valence-corrected chi connectivity index (χ2v) is 9.70. The molecular formula is C21H35N5S. The van der Waals surface area contributed by atoms with Crippen LogP contribution in [0.25, 0.3) is 0 Å². The Morgan fingerprint density at radius 3 is 2.70 bits per heavy atom. The fourth-order valence-electron chi connectivity index (χ4n) is 4.93. The summed E-state index contributed by atoms with van der Waals surface area (Å²) >= 11 is 1.80. The Morgan fingerprint density at radius 2 is 2.11 bits per heavy atom. The van der Waals surface area contributed by atoms with E-state index in [1.165, 1.54) is 75.4 Å². The minimum absolute atomic E-state index is 0.635. The first-order valence-corrected chi connectivity index (χ1v) is 11.7. The van der Waals surface area contributed by atoms with Gasteiger partial charge in [0.25, 0.3) is 0 Å². The molecule has 27 heavy (non-hydrogen) atoms. The molecule has 1 aliphatic carbocycles. The molecule has 5 nitrogen and oxygen atoms in total. The second-order valence-electron chi connectivity index (χ2n) is 8.76. The molecule has 3 fully saturated rings. The lowest BCUT2D eigenvalue weighted by atomic mass is 9.68. The number of likely N-dealkylation sites (tertiary alicyclic amines) is 2. The van der Waals surface area contributed by atoms with Crippen molar-refractivity contribution in [2.45, 2.75) is 58.4 Å². The number of rotatable bonds is 5. The van der Waals surface area contributed by atoms with E-state index in [9.17, 15) is 0 Å². The van der Waals surface area contributed by atoms with Crippen LogP contribution < -0.4 is 5.32 Å². The molecule has 0 unspecified atom stereocenters. The molecule has 1 aromatic heterocycles. The van der Waals surface area contributed by atoms with Gasteiger partial charge in [-0.1, -0.05) is 13.3 Å². The number of hydrogen-bond acceptors (Lipinski definition) is 4. The quantitative estimate of drug-likeness (QED) is 0.619. The molecular weight excluding hydrogens is 354 g/mol. The second kappa shape index (κ2) is 8.48. The highest BCUT2D eigenvalue weighted by molar-refractivity contribution is 7.09. The number of nitrogens with zero attached hydrogens (tertiary/aromatic N) is 4. The van der Waals surface area contributed by atoms with Crippen molar-refractivity contribution in [1.82, 2.24) is 20.1 Å². The number of guanidine groups is 1. The molecule has 6 heteroatoms. The van der Waals surface area contributed by atoms with E-state index in [0.717, 1.165) is 31.4 Å². The topological polar surface area (TPSA) is 43.8 Å². The summed E-state index contributed by atoms with van der Waals surface area (Å²) in [6.07, 6.45) is 9.26. The highest BCUT2D eigenvalue weighted by Gasteiger charge is 2.43. The van der Waals surface area contributed by atoms with Crippen LogP contribution in [0.2, 0.25) is 0 Å². The molecule has 2 saturated heterocycles. The lowest BCUT2D eigenvalue weighted by molar-refractivity contribution is 0.151. The third-order valence-electron chi connectivity index (χ3n) is 6.91. The molecule has 1 saturated carbocycles. The van der Waals surface area contributed by atoms with E-state index in [4.69, 9.17) is 4.98 Å². The van der Waals surface area contributed by atoms with E-state index >= 15 is 0 Å². The van der Waals surface area contributed by atoms with Crippen LogP contribution in [-0.4, -0.2) is 60.5 Å². The number of aryl methyl sites for hydroxylation is 1. The number of hydrogen-bond donors (Lipinski definition) is 1. The van der Waals surface area contributed by atoms with Crippen molar-refractivity contribution >= 4 is 17.3 Å². The van der Waals surface area contributed by atoms with Crippen LogP contribution in [-0.2, 0) is 13.0 Å². The highest BCUT2D eigenvalue weighted by atomic mass is 32.1. The zero-order valence-electron chi connectivity index (χ0n) is 17.0. The first-order valence-electron chi connectivity index (χ1n) is 10.8. The first-order chi connectivity index (χ1) is 13.2. The van der Waals surface area contributed by atoms with E-state index in [-0.39, 0.29) is 0 Å². The van der Waals surface area contributed by atoms with Gasteiger partial charge in [-0.05, 0) is 62.9 Å². The molecule has 0 atom stereocenters. The Balaban J connectivity index is 1.19. The molecule has 0 radical (unpaired) electrons. The van der Waals surface area contributed by atoms with E-state index in [0.29, 0.717) is 5.41 Å². The molecule has 1 aromatic rings. The number of piperidine rings is 1. The van der Waals surface area contributed by atoms with Crippen molar-refractivity contribution < 1.29 is 0 Å². The van der Waals surface area contributed by atoms with Crippen LogP contribution in [0.4, 0.5) is 0 Å². The lowest BCUT2D eigenvalue weighted by Crippen LogP contribution is -2.45. The average molecular weight is 390 g/mol. The molecule has 1 N–H and O–H groups in total. The number of thiazole rings is 1. The summed E-state index contributed by atoms with van der Waals surface area (Å²) < 4.78 is 0. The normalized spacial score (nSPS) is 23.8. The molecule has 0 bridgehead atoms. The molecule has 2 aliphatic heterocycles. The van der Waals surface area contributed by atoms with E-state index in [1.807, 2.05) is 7.05 Å². The molecule has 3 heterocycles. The van der Waals surface area contributed by atoms with Crippen LogP contribution in [0.15, 0.2) is 10.4 Å². The summed E-state index contributed by atoms with van der Waals surface area (Å²) in [5.74, 6) is 1.90. The SMILES string of the molecule is CCc1nc(CN2CCC(CNC(=NC)N3CCC4(CCC4)C3)CC2)cs1. The Hall–Kier alpha value is -1.14. The van der Waals surface area contributed by atoms with Gasteiger partial charge in [-0.25, -0.2) is 4.98 Å². The third kappa shape index (κ3) is 4.48. The van der Waals surface area contributed by atoms with Crippen molar-refractivity contribution in [2.24, 2.45) is 16.3 Å². The monoisotopic (exact) mass is 389 g/mol. The number of aromatic nitrogens is 1. The maximum Gasteiger partial charge on any atom is 0.193 e. The van der Waals surface area contributed by atoms with Crippen molar-refractivity contribution in [1.29, 1.82) is 0 Å². The maximum absolute atomic E-state index is 4.72. The largest absolute Gasteiger partial charge is 0.356 e. The van der Waals surface area contributed by atoms with Crippen molar-refractivity contribution in [2.75, 3.05) is 39.8 Å². The summed E-state index contributed by atoms with van der Waals surface area (Å²) in [7, 11) is 1.94. The Morgan fingerprint density at radius 1 is 1.30 bits per heavy atom. The Labute approximate surface area is 168 Å². The standard InChI is InChI=1S/C21H35N5S/c1-3-19-24-18(15-27-19)14-25-10-5-17(6-11-25)13-23-20(22-2)26-12-9-21(16-26)7-4-8-21/h15,17H,3-14,16H2,1-2H3,(H,22,23). The highest BCUT2D eigenvalue weighted by Crippen LogP contribution is 2.47. The fraction of sp³-hybridized carbons (Fsp3) is 0.810. The van der Waals surface area contributed by atoms with Gasteiger partial charge in [0.05, 0.1) is 10.7 Å². The number of nitrogens with one attached hydrogen (secondary N) is 1. The van der Waals surface area contributed by atoms with Gasteiger partial charge >= 0.3 is 0 Å². The minimum atomic E-state index is 0.635. The van der Waals surface area contributed by atoms with Crippen molar-refractivity contribution in [3.05, 3.63) is 16.1 Å². The maximum atomic E-state index is 4.72. The summed E-state index contributed by atoms with van der Waals surface area (Å²) in [5.41, 5.74) is 1.89. The lowest BCUT2D eigenvalue weighted by Gasteiger charge is -2.38. The first kappa shape index (κ1) is 19.2. The summed E-state index contributed by atoms with van der Waals surface area (Å²) in [4.78, 5) is 14.4. The Kier molecular flexibility index (Phi) is 6.02. The van der Waals surface area contributed by atoms with E-state index in [1.54, 1.807) is 11.3 Å². The molecule has 4 rings (SSSR count). The van der Waals surface area contributed by atoms with Gasteiger partial charge in [-0.3, -0.25) is 9.89 Å². The summed E-state index contributed by atoms with van der Waals surface area (Å²) in [6, 6.07) is 0. The van der Waals surface area contributed by atoms with Gasteiger partial charge < -0.3 is 10.2 Å². The predicted molar refractivity (Wildman–Crippen MR) is 113 cm³/mol. The van der Waals surface area contributed by atoms with Gasteiger partial charge in [0, 0.05) is 38.6 Å². The Bertz CT molecular complexity index is 643. The molecule has 0 aromatic carbocycles. The predicted octanol–water partition coefficient (Wildman–Crippen LogP) is 3.37. The molecule has 150 valence electrons. The average Bonchev–Trinajstić information content (AvgIpc) is 3.31. The van der Waals surface area contributed by atoms with E-state index < -0.39 is 0 Å². The number of aliphatic imine (C=N–C) groups is 1. The molecule has 1 spiro atoms. The van der Waals surface area contributed by atoms with Crippen molar-refractivity contribution in [3.63, 3.8) is 0 Å². The zero-order chi connectivity index (χ0) is 18.7. The third-order valence-corrected chi connectivity index (χ3v) is 7.95. The molecule has 0 amide bonds. The van der Waals surface area contributed by atoms with Gasteiger partial charge in [0.1, 0.15) is 0 Å². The summed E-state index contributed by atoms with van der Waals surface area (Å²) in [6.45, 7) is 9.07. The van der Waals surface area contributed by atoms with Gasteiger partial charge in [0.2, 0.25) is 0 Å². The van der Waals surface area contributed by atoms with Crippen LogP contribution >= 0.6 is 11.3 Å². The van der Waals surface area contributed by atoms with Gasteiger partial charge in [0.15, 0.2) is 5.96 Å². The van der Waals surface area contributed by atoms with Crippen LogP contribution in [0.3, 0.4) is 0 Å². The smallest absolute Gasteiger partial charge is 0.193 e. The van der Waals surface area contributed by atoms with Gasteiger partial charge in [-0.15, -0.1) is 11.3 Å². The van der Waals surface area contributed by atoms with Crippen LogP contribution in [0.1, 0.15) is 56.2 Å². The van der Waals surface area contributed by atoms with Gasteiger partial charge in [-0.2, -0.15) is 0 Å². The zero-order valence-corrected chi connectivity index (χ0v) is 17.9. The van der Waals surface area contributed by atoms with Crippen LogP contribution in [0.5, 0.6) is 0 Å². The van der Waals surface area contributed by atoms with Crippen LogP contribution in [0, 0.1) is 11.3 Å². The molecule has 3 aliphatic rings. The van der Waals surface area contributed by atoms with E-state index in [2.05, 4.69) is 32.4 Å². The minimum Gasteiger partial charge on any atom is -0.356 e. The van der Waals surface area contributed by atoms with Crippen molar-refractivity contribution in [3.8, 4) is 0 Å². The summed E-state index contributed by atoms with van der Waals surface area (Å²) in [5, 5.41) is 7.19. The fourth-order valence-corrected chi connectivity index (χ4v) is 5.67.